The first kappa shape index (κ1) is 25.8. The van der Waals surface area contributed by atoms with Crippen molar-refractivity contribution in [2.24, 2.45) is 4.99 Å². The monoisotopic (exact) mass is 526 g/mol. The molecule has 188 valence electrons. The van der Waals surface area contributed by atoms with Gasteiger partial charge < -0.3 is 25.0 Å². The third kappa shape index (κ3) is 5.75. The van der Waals surface area contributed by atoms with Crippen molar-refractivity contribution in [3.8, 4) is 5.75 Å². The molecule has 2 aromatic carbocycles. The first-order chi connectivity index (χ1) is 17.4. The number of benzene rings is 2. The molecule has 2 amide bonds. The number of hydrogen-bond acceptors (Lipinski definition) is 7. The van der Waals surface area contributed by atoms with Crippen molar-refractivity contribution in [1.82, 2.24) is 10.2 Å². The average Bonchev–Trinajstić information content (AvgIpc) is 3.25. The molecule has 2 heterocycles. The SMILES string of the molecule is COCCNC(=O)CC1=CSC2=NC(C)=C(C(=O)Nc3ccc(OC)cc3)C(c3cccc(Cl)c3)N12. The maximum absolute atomic E-state index is 13.6. The maximum atomic E-state index is 13.6. The second-order valence-corrected chi connectivity index (χ2v) is 9.42. The molecular weight excluding hydrogens is 500 g/mol. The summed E-state index contributed by atoms with van der Waals surface area (Å²) in [5, 5.41) is 9.00. The van der Waals surface area contributed by atoms with Gasteiger partial charge in [-0.3, -0.25) is 9.59 Å². The number of halogens is 1. The van der Waals surface area contributed by atoms with Gasteiger partial charge in [0, 0.05) is 30.1 Å². The summed E-state index contributed by atoms with van der Waals surface area (Å²) >= 11 is 7.78. The van der Waals surface area contributed by atoms with E-state index >= 15 is 0 Å². The summed E-state index contributed by atoms with van der Waals surface area (Å²) in [6.45, 7) is 2.67. The van der Waals surface area contributed by atoms with Gasteiger partial charge in [-0.1, -0.05) is 35.5 Å². The van der Waals surface area contributed by atoms with Crippen LogP contribution in [0.1, 0.15) is 24.9 Å². The van der Waals surface area contributed by atoms with E-state index in [1.54, 1.807) is 44.6 Å². The van der Waals surface area contributed by atoms with Gasteiger partial charge in [0.2, 0.25) is 5.91 Å². The Morgan fingerprint density at radius 1 is 1.17 bits per heavy atom. The van der Waals surface area contributed by atoms with Crippen LogP contribution in [0.4, 0.5) is 5.69 Å². The van der Waals surface area contributed by atoms with Gasteiger partial charge in [0.1, 0.15) is 5.75 Å². The van der Waals surface area contributed by atoms with Crippen molar-refractivity contribution in [2.45, 2.75) is 19.4 Å². The van der Waals surface area contributed by atoms with Gasteiger partial charge in [0.05, 0.1) is 37.4 Å². The highest BCUT2D eigenvalue weighted by Gasteiger charge is 2.40. The molecule has 0 aromatic heterocycles. The molecule has 10 heteroatoms. The molecule has 0 spiro atoms. The van der Waals surface area contributed by atoms with Gasteiger partial charge in [-0.2, -0.15) is 0 Å². The summed E-state index contributed by atoms with van der Waals surface area (Å²) in [5.41, 5.74) is 3.28. The molecule has 36 heavy (non-hydrogen) atoms. The Morgan fingerprint density at radius 3 is 2.64 bits per heavy atom. The summed E-state index contributed by atoms with van der Waals surface area (Å²) in [6, 6.07) is 14.0. The number of nitrogens with zero attached hydrogens (tertiary/aromatic N) is 2. The van der Waals surface area contributed by atoms with Gasteiger partial charge in [0.25, 0.3) is 5.91 Å². The molecule has 0 radical (unpaired) electrons. The predicted octanol–water partition coefficient (Wildman–Crippen LogP) is 4.71. The van der Waals surface area contributed by atoms with E-state index < -0.39 is 6.04 Å². The zero-order chi connectivity index (χ0) is 25.7. The predicted molar refractivity (Wildman–Crippen MR) is 143 cm³/mol. The lowest BCUT2D eigenvalue weighted by Gasteiger charge is -2.36. The lowest BCUT2D eigenvalue weighted by molar-refractivity contribution is -0.120. The second-order valence-electron chi connectivity index (χ2n) is 8.15. The third-order valence-electron chi connectivity index (χ3n) is 5.73. The Labute approximate surface area is 219 Å². The van der Waals surface area contributed by atoms with Crippen LogP contribution in [0, 0.1) is 0 Å². The van der Waals surface area contributed by atoms with Crippen LogP contribution in [0.5, 0.6) is 5.75 Å². The molecule has 2 N–H and O–H groups in total. The Morgan fingerprint density at radius 2 is 1.94 bits per heavy atom. The van der Waals surface area contributed by atoms with E-state index in [1.807, 2.05) is 35.4 Å². The quantitative estimate of drug-likeness (QED) is 0.460. The number of anilines is 1. The van der Waals surface area contributed by atoms with Crippen molar-refractivity contribution >= 4 is 46.0 Å². The first-order valence-electron chi connectivity index (χ1n) is 11.3. The van der Waals surface area contributed by atoms with Gasteiger partial charge in [-0.05, 0) is 54.3 Å². The maximum Gasteiger partial charge on any atom is 0.255 e. The number of ether oxygens (including phenoxy) is 2. The topological polar surface area (TPSA) is 92.3 Å². The van der Waals surface area contributed by atoms with Crippen molar-refractivity contribution in [3.63, 3.8) is 0 Å². The summed E-state index contributed by atoms with van der Waals surface area (Å²) < 4.78 is 10.2. The van der Waals surface area contributed by atoms with E-state index in [-0.39, 0.29) is 18.2 Å². The summed E-state index contributed by atoms with van der Waals surface area (Å²) in [5.74, 6) is 0.270. The van der Waals surface area contributed by atoms with Crippen LogP contribution in [0.2, 0.25) is 5.02 Å². The van der Waals surface area contributed by atoms with Crippen LogP contribution < -0.4 is 15.4 Å². The van der Waals surface area contributed by atoms with Crippen LogP contribution in [0.15, 0.2) is 75.9 Å². The van der Waals surface area contributed by atoms with Gasteiger partial charge in [-0.15, -0.1) is 0 Å². The molecule has 1 unspecified atom stereocenters. The number of fused-ring (bicyclic) bond motifs is 1. The lowest BCUT2D eigenvalue weighted by atomic mass is 9.93. The van der Waals surface area contributed by atoms with Crippen LogP contribution in [-0.4, -0.2) is 49.3 Å². The number of carbonyl (C=O) groups excluding carboxylic acids is 2. The van der Waals surface area contributed by atoms with Crippen molar-refractivity contribution in [2.75, 3.05) is 32.7 Å². The molecule has 2 aromatic rings. The molecule has 4 rings (SSSR count). The Bertz CT molecular complexity index is 1240. The molecule has 2 aliphatic heterocycles. The summed E-state index contributed by atoms with van der Waals surface area (Å²) in [6.07, 6.45) is 0.138. The largest absolute Gasteiger partial charge is 0.497 e. The number of aliphatic imine (C=N–C) groups is 1. The van der Waals surface area contributed by atoms with E-state index in [1.165, 1.54) is 11.8 Å². The van der Waals surface area contributed by atoms with Gasteiger partial charge >= 0.3 is 0 Å². The molecule has 0 saturated heterocycles. The number of rotatable bonds is 9. The average molecular weight is 527 g/mol. The molecule has 0 aliphatic carbocycles. The highest BCUT2D eigenvalue weighted by Crippen LogP contribution is 2.45. The zero-order valence-electron chi connectivity index (χ0n) is 20.2. The Hall–Kier alpha value is -3.27. The number of hydrogen-bond donors (Lipinski definition) is 2. The van der Waals surface area contributed by atoms with Crippen molar-refractivity contribution in [3.05, 3.63) is 81.5 Å². The molecule has 0 bridgehead atoms. The second kappa shape index (κ2) is 11.6. The zero-order valence-corrected chi connectivity index (χ0v) is 21.8. The van der Waals surface area contributed by atoms with E-state index in [0.717, 1.165) is 11.3 Å². The minimum Gasteiger partial charge on any atom is -0.497 e. The number of nitrogens with one attached hydrogen (secondary N) is 2. The van der Waals surface area contributed by atoms with E-state index in [0.29, 0.717) is 46.0 Å². The normalized spacial score (nSPS) is 16.8. The van der Waals surface area contributed by atoms with Crippen molar-refractivity contribution < 1.29 is 19.1 Å². The minimum absolute atomic E-state index is 0.138. The molecule has 1 atom stereocenters. The molecular formula is C26H27ClN4O4S. The summed E-state index contributed by atoms with van der Waals surface area (Å²) in [7, 11) is 3.17. The van der Waals surface area contributed by atoms with E-state index in [2.05, 4.69) is 10.6 Å². The number of carbonyl (C=O) groups is 2. The van der Waals surface area contributed by atoms with Crippen LogP contribution in [0.25, 0.3) is 0 Å². The molecule has 2 aliphatic rings. The number of thioether (sulfide) groups is 1. The molecule has 0 saturated carbocycles. The van der Waals surface area contributed by atoms with Crippen LogP contribution in [0.3, 0.4) is 0 Å². The Balaban J connectivity index is 1.67. The lowest BCUT2D eigenvalue weighted by Crippen LogP contribution is -2.39. The minimum atomic E-state index is -0.512. The van der Waals surface area contributed by atoms with Gasteiger partial charge in [0.15, 0.2) is 5.17 Å². The number of amidine groups is 1. The Kier molecular flexibility index (Phi) is 8.35. The molecule has 8 nitrogen and oxygen atoms in total. The summed E-state index contributed by atoms with van der Waals surface area (Å²) in [4.78, 5) is 32.9. The van der Waals surface area contributed by atoms with Crippen LogP contribution >= 0.6 is 23.4 Å². The van der Waals surface area contributed by atoms with E-state index in [4.69, 9.17) is 26.1 Å². The fraction of sp³-hybridized carbons (Fsp3) is 0.269. The highest BCUT2D eigenvalue weighted by atomic mass is 35.5. The first-order valence-corrected chi connectivity index (χ1v) is 12.6. The molecule has 0 fully saturated rings. The van der Waals surface area contributed by atoms with E-state index in [9.17, 15) is 9.59 Å². The fourth-order valence-corrected chi connectivity index (χ4v) is 5.21. The van der Waals surface area contributed by atoms with Crippen LogP contribution in [-0.2, 0) is 14.3 Å². The van der Waals surface area contributed by atoms with Crippen molar-refractivity contribution in [1.29, 1.82) is 0 Å². The number of methoxy groups -OCH3 is 2. The highest BCUT2D eigenvalue weighted by molar-refractivity contribution is 8.16. The fourth-order valence-electron chi connectivity index (χ4n) is 4.04. The van der Waals surface area contributed by atoms with Gasteiger partial charge in [-0.25, -0.2) is 4.99 Å². The smallest absolute Gasteiger partial charge is 0.255 e. The third-order valence-corrected chi connectivity index (χ3v) is 6.85. The number of allylic oxidation sites excluding steroid dienone is 1. The standard InChI is InChI=1S/C26H27ClN4O4S/c1-16-23(25(33)30-19-7-9-21(35-3)10-8-19)24(17-5-4-6-18(27)13-17)31-20(15-36-26(31)29-16)14-22(32)28-11-12-34-2/h4-10,13,15,24H,11-12,14H2,1-3H3,(H,28,32)(H,30,33). The number of amides is 2.